The van der Waals surface area contributed by atoms with Gasteiger partial charge in [0, 0.05) is 5.56 Å². The van der Waals surface area contributed by atoms with Crippen LogP contribution in [0.5, 0.6) is 5.75 Å². The Balaban J connectivity index is 2.14. The average molecular weight is 285 g/mol. The second kappa shape index (κ2) is 6.90. The van der Waals surface area contributed by atoms with Crippen LogP contribution in [0.2, 0.25) is 0 Å². The van der Waals surface area contributed by atoms with Crippen molar-refractivity contribution in [3.05, 3.63) is 65.2 Å². The van der Waals surface area contributed by atoms with Crippen LogP contribution in [0.1, 0.15) is 29.7 Å². The van der Waals surface area contributed by atoms with Crippen molar-refractivity contribution in [2.75, 3.05) is 6.61 Å². The zero-order valence-electron chi connectivity index (χ0n) is 12.2. The molecule has 1 atom stereocenters. The number of benzene rings is 2. The molecule has 0 bridgehead atoms. The Kier molecular flexibility index (Phi) is 4.95. The molecule has 21 heavy (non-hydrogen) atoms. The van der Waals surface area contributed by atoms with E-state index in [1.807, 2.05) is 55.5 Å². The van der Waals surface area contributed by atoms with Gasteiger partial charge in [0.25, 0.3) is 0 Å². The standard InChI is InChI=1S/C17H19NO3/c1-12-8-9-15(13(2)18-20)17(10-12)21-11-16(19)14-6-4-3-5-7-14/h3-10,16,19-20H,11H2,1-2H3. The average Bonchev–Trinajstić information content (AvgIpc) is 2.52. The molecule has 0 saturated heterocycles. The molecule has 0 fully saturated rings. The first-order valence-electron chi connectivity index (χ1n) is 6.77. The summed E-state index contributed by atoms with van der Waals surface area (Å²) in [6, 6.07) is 15.0. The molecule has 0 amide bonds. The van der Waals surface area contributed by atoms with E-state index in [0.29, 0.717) is 17.0 Å². The summed E-state index contributed by atoms with van der Waals surface area (Å²) in [7, 11) is 0. The van der Waals surface area contributed by atoms with E-state index in [2.05, 4.69) is 5.16 Å². The van der Waals surface area contributed by atoms with Crippen molar-refractivity contribution in [2.24, 2.45) is 5.16 Å². The van der Waals surface area contributed by atoms with Gasteiger partial charge in [0.05, 0.1) is 5.71 Å². The molecule has 2 rings (SSSR count). The van der Waals surface area contributed by atoms with Gasteiger partial charge in [0.1, 0.15) is 18.5 Å². The van der Waals surface area contributed by atoms with E-state index in [0.717, 1.165) is 11.1 Å². The number of oxime groups is 1. The number of hydrogen-bond acceptors (Lipinski definition) is 4. The van der Waals surface area contributed by atoms with Gasteiger partial charge in [0.2, 0.25) is 0 Å². The van der Waals surface area contributed by atoms with Crippen LogP contribution in [0.25, 0.3) is 0 Å². The Labute approximate surface area is 124 Å². The van der Waals surface area contributed by atoms with Crippen molar-refractivity contribution < 1.29 is 15.1 Å². The molecule has 4 nitrogen and oxygen atoms in total. The van der Waals surface area contributed by atoms with Gasteiger partial charge in [-0.1, -0.05) is 41.6 Å². The largest absolute Gasteiger partial charge is 0.490 e. The molecule has 0 aliphatic rings. The predicted octanol–water partition coefficient (Wildman–Crippen LogP) is 3.31. The molecule has 110 valence electrons. The lowest BCUT2D eigenvalue weighted by molar-refractivity contribution is 0.108. The monoisotopic (exact) mass is 285 g/mol. The molecule has 0 aliphatic heterocycles. The summed E-state index contributed by atoms with van der Waals surface area (Å²) in [5.41, 5.74) is 3.02. The minimum absolute atomic E-state index is 0.138. The number of aryl methyl sites for hydroxylation is 1. The summed E-state index contributed by atoms with van der Waals surface area (Å²) in [6.45, 7) is 3.79. The van der Waals surface area contributed by atoms with Crippen molar-refractivity contribution in [2.45, 2.75) is 20.0 Å². The van der Waals surface area contributed by atoms with Crippen LogP contribution in [-0.4, -0.2) is 22.6 Å². The SMILES string of the molecule is CC(=NO)c1ccc(C)cc1OCC(O)c1ccccc1. The topological polar surface area (TPSA) is 62.1 Å². The first-order valence-corrected chi connectivity index (χ1v) is 6.77. The fourth-order valence-corrected chi connectivity index (χ4v) is 2.04. The van der Waals surface area contributed by atoms with Crippen molar-refractivity contribution >= 4 is 5.71 Å². The maximum absolute atomic E-state index is 10.1. The lowest BCUT2D eigenvalue weighted by Crippen LogP contribution is -2.11. The van der Waals surface area contributed by atoms with Gasteiger partial charge in [-0.3, -0.25) is 0 Å². The van der Waals surface area contributed by atoms with Crippen LogP contribution in [0, 0.1) is 6.92 Å². The summed E-state index contributed by atoms with van der Waals surface area (Å²) in [5, 5.41) is 22.3. The molecule has 0 aliphatic carbocycles. The van der Waals surface area contributed by atoms with E-state index in [1.165, 1.54) is 0 Å². The van der Waals surface area contributed by atoms with E-state index in [1.54, 1.807) is 6.92 Å². The highest BCUT2D eigenvalue weighted by molar-refractivity contribution is 6.00. The molecule has 4 heteroatoms. The Morgan fingerprint density at radius 1 is 1.19 bits per heavy atom. The van der Waals surface area contributed by atoms with Gasteiger partial charge < -0.3 is 15.1 Å². The number of aliphatic hydroxyl groups excluding tert-OH is 1. The highest BCUT2D eigenvalue weighted by Gasteiger charge is 2.12. The third kappa shape index (κ3) is 3.83. The first-order chi connectivity index (χ1) is 10.1. The molecule has 0 aromatic heterocycles. The highest BCUT2D eigenvalue weighted by Crippen LogP contribution is 2.23. The van der Waals surface area contributed by atoms with E-state index < -0.39 is 6.10 Å². The fraction of sp³-hybridized carbons (Fsp3) is 0.235. The molecule has 0 radical (unpaired) electrons. The normalized spacial score (nSPS) is 13.0. The smallest absolute Gasteiger partial charge is 0.128 e. The van der Waals surface area contributed by atoms with Crippen molar-refractivity contribution in [1.29, 1.82) is 0 Å². The third-order valence-electron chi connectivity index (χ3n) is 3.26. The maximum Gasteiger partial charge on any atom is 0.128 e. The van der Waals surface area contributed by atoms with E-state index in [9.17, 15) is 5.11 Å². The zero-order valence-corrected chi connectivity index (χ0v) is 12.2. The van der Waals surface area contributed by atoms with Gasteiger partial charge in [0.15, 0.2) is 0 Å². The van der Waals surface area contributed by atoms with Crippen molar-refractivity contribution in [3.63, 3.8) is 0 Å². The summed E-state index contributed by atoms with van der Waals surface area (Å²) in [5.74, 6) is 0.597. The Bertz CT molecular complexity index is 623. The quantitative estimate of drug-likeness (QED) is 0.503. The number of rotatable bonds is 5. The summed E-state index contributed by atoms with van der Waals surface area (Å²) in [4.78, 5) is 0. The molecule has 2 aromatic rings. The zero-order chi connectivity index (χ0) is 15.2. The van der Waals surface area contributed by atoms with E-state index in [-0.39, 0.29) is 6.61 Å². The third-order valence-corrected chi connectivity index (χ3v) is 3.26. The molecule has 0 spiro atoms. The van der Waals surface area contributed by atoms with Crippen LogP contribution in [-0.2, 0) is 0 Å². The highest BCUT2D eigenvalue weighted by atomic mass is 16.5. The summed E-state index contributed by atoms with van der Waals surface area (Å²) < 4.78 is 5.72. The Morgan fingerprint density at radius 3 is 2.57 bits per heavy atom. The Hall–Kier alpha value is -2.33. The van der Waals surface area contributed by atoms with Gasteiger partial charge in [-0.05, 0) is 37.1 Å². The van der Waals surface area contributed by atoms with E-state index in [4.69, 9.17) is 9.94 Å². The number of hydrogen-bond donors (Lipinski definition) is 2. The predicted molar refractivity (Wildman–Crippen MR) is 82.1 cm³/mol. The van der Waals surface area contributed by atoms with Crippen LogP contribution >= 0.6 is 0 Å². The van der Waals surface area contributed by atoms with E-state index >= 15 is 0 Å². The van der Waals surface area contributed by atoms with Crippen LogP contribution in [0.4, 0.5) is 0 Å². The van der Waals surface area contributed by atoms with Crippen LogP contribution in [0.3, 0.4) is 0 Å². The molecular formula is C17H19NO3. The molecular weight excluding hydrogens is 266 g/mol. The minimum atomic E-state index is -0.703. The summed E-state index contributed by atoms with van der Waals surface area (Å²) in [6.07, 6.45) is -0.703. The minimum Gasteiger partial charge on any atom is -0.490 e. The lowest BCUT2D eigenvalue weighted by atomic mass is 10.1. The van der Waals surface area contributed by atoms with Crippen LogP contribution in [0.15, 0.2) is 53.7 Å². The fourth-order valence-electron chi connectivity index (χ4n) is 2.04. The van der Waals surface area contributed by atoms with Gasteiger partial charge in [-0.2, -0.15) is 0 Å². The molecule has 0 heterocycles. The van der Waals surface area contributed by atoms with Crippen LogP contribution < -0.4 is 4.74 Å². The summed E-state index contributed by atoms with van der Waals surface area (Å²) >= 11 is 0. The lowest BCUT2D eigenvalue weighted by Gasteiger charge is -2.15. The molecule has 1 unspecified atom stereocenters. The Morgan fingerprint density at radius 2 is 1.90 bits per heavy atom. The molecule has 0 saturated carbocycles. The molecule has 2 N–H and O–H groups in total. The maximum atomic E-state index is 10.1. The van der Waals surface area contributed by atoms with Crippen molar-refractivity contribution in [3.8, 4) is 5.75 Å². The molecule has 2 aromatic carbocycles. The van der Waals surface area contributed by atoms with Crippen molar-refractivity contribution in [1.82, 2.24) is 0 Å². The number of ether oxygens (including phenoxy) is 1. The van der Waals surface area contributed by atoms with Gasteiger partial charge >= 0.3 is 0 Å². The van der Waals surface area contributed by atoms with Gasteiger partial charge in [-0.15, -0.1) is 0 Å². The first kappa shape index (κ1) is 15.1. The number of aliphatic hydroxyl groups is 1. The van der Waals surface area contributed by atoms with Gasteiger partial charge in [-0.25, -0.2) is 0 Å². The second-order valence-electron chi connectivity index (χ2n) is 4.92. The number of nitrogens with zero attached hydrogens (tertiary/aromatic N) is 1. The second-order valence-corrected chi connectivity index (χ2v) is 4.92.